The predicted molar refractivity (Wildman–Crippen MR) is 66.3 cm³/mol. The molecule has 1 aliphatic carbocycles. The highest BCUT2D eigenvalue weighted by Gasteiger charge is 2.46. The minimum atomic E-state index is -0.137. The zero-order chi connectivity index (χ0) is 11.6. The van der Waals surface area contributed by atoms with E-state index in [0.29, 0.717) is 6.04 Å². The van der Waals surface area contributed by atoms with Crippen LogP contribution >= 0.6 is 0 Å². The standard InChI is InChI=1S/C14H21NO/c1-14(2)12(10-13(14)16)15-9-8-11-6-4-3-5-7-11/h3-7,12-13,15-16H,8-10H2,1-2H3. The van der Waals surface area contributed by atoms with E-state index >= 15 is 0 Å². The fourth-order valence-electron chi connectivity index (χ4n) is 2.28. The van der Waals surface area contributed by atoms with Crippen LogP contribution in [0.4, 0.5) is 0 Å². The molecule has 16 heavy (non-hydrogen) atoms. The quantitative estimate of drug-likeness (QED) is 0.811. The second-order valence-corrected chi connectivity index (χ2v) is 5.32. The molecule has 0 amide bonds. The molecular weight excluding hydrogens is 198 g/mol. The minimum absolute atomic E-state index is 0.0384. The van der Waals surface area contributed by atoms with Gasteiger partial charge in [-0.1, -0.05) is 44.2 Å². The summed E-state index contributed by atoms with van der Waals surface area (Å²) in [6.45, 7) is 5.24. The summed E-state index contributed by atoms with van der Waals surface area (Å²) in [4.78, 5) is 0. The van der Waals surface area contributed by atoms with Gasteiger partial charge in [0.05, 0.1) is 6.10 Å². The number of aliphatic hydroxyl groups excluding tert-OH is 1. The van der Waals surface area contributed by atoms with Crippen LogP contribution in [0.3, 0.4) is 0 Å². The van der Waals surface area contributed by atoms with Gasteiger partial charge in [-0.05, 0) is 24.9 Å². The molecule has 2 rings (SSSR count). The molecule has 0 aromatic heterocycles. The van der Waals surface area contributed by atoms with Crippen molar-refractivity contribution in [2.24, 2.45) is 5.41 Å². The van der Waals surface area contributed by atoms with E-state index in [9.17, 15) is 5.11 Å². The molecule has 0 aliphatic heterocycles. The molecule has 2 atom stereocenters. The molecule has 1 aliphatic rings. The number of rotatable bonds is 4. The lowest BCUT2D eigenvalue weighted by molar-refractivity contribution is -0.0720. The van der Waals surface area contributed by atoms with E-state index in [1.165, 1.54) is 5.56 Å². The largest absolute Gasteiger partial charge is 0.392 e. The fraction of sp³-hybridized carbons (Fsp3) is 0.571. The summed E-state index contributed by atoms with van der Waals surface area (Å²) in [5, 5.41) is 13.2. The molecule has 0 radical (unpaired) electrons. The highest BCUT2D eigenvalue weighted by Crippen LogP contribution is 2.40. The minimum Gasteiger partial charge on any atom is -0.392 e. The van der Waals surface area contributed by atoms with E-state index in [1.54, 1.807) is 0 Å². The Bertz CT molecular complexity index is 334. The molecule has 0 saturated heterocycles. The maximum atomic E-state index is 9.62. The van der Waals surface area contributed by atoms with Crippen LogP contribution in [0, 0.1) is 5.41 Å². The molecule has 2 heteroatoms. The SMILES string of the molecule is CC1(C)C(O)CC1NCCc1ccccc1. The van der Waals surface area contributed by atoms with Gasteiger partial charge in [0, 0.05) is 11.5 Å². The lowest BCUT2D eigenvalue weighted by Crippen LogP contribution is -2.60. The lowest BCUT2D eigenvalue weighted by atomic mass is 9.64. The van der Waals surface area contributed by atoms with E-state index in [0.717, 1.165) is 19.4 Å². The summed E-state index contributed by atoms with van der Waals surface area (Å²) >= 11 is 0. The van der Waals surface area contributed by atoms with Crippen molar-refractivity contribution < 1.29 is 5.11 Å². The molecular formula is C14H21NO. The lowest BCUT2D eigenvalue weighted by Gasteiger charge is -2.49. The first-order chi connectivity index (χ1) is 7.60. The average Bonchev–Trinajstić information content (AvgIpc) is 2.29. The Morgan fingerprint density at radius 1 is 1.31 bits per heavy atom. The second kappa shape index (κ2) is 4.56. The molecule has 1 aromatic rings. The van der Waals surface area contributed by atoms with Crippen LogP contribution in [0.5, 0.6) is 0 Å². The molecule has 88 valence electrons. The van der Waals surface area contributed by atoms with Gasteiger partial charge in [0.1, 0.15) is 0 Å². The van der Waals surface area contributed by atoms with E-state index < -0.39 is 0 Å². The van der Waals surface area contributed by atoms with Crippen LogP contribution in [-0.2, 0) is 6.42 Å². The van der Waals surface area contributed by atoms with Crippen LogP contribution < -0.4 is 5.32 Å². The van der Waals surface area contributed by atoms with Crippen LogP contribution in [0.1, 0.15) is 25.8 Å². The molecule has 2 N–H and O–H groups in total. The summed E-state index contributed by atoms with van der Waals surface area (Å²) in [7, 11) is 0. The van der Waals surface area contributed by atoms with Gasteiger partial charge in [0.2, 0.25) is 0 Å². The first-order valence-electron chi connectivity index (χ1n) is 6.06. The highest BCUT2D eigenvalue weighted by atomic mass is 16.3. The number of nitrogens with one attached hydrogen (secondary N) is 1. The number of hydrogen-bond donors (Lipinski definition) is 2. The van der Waals surface area contributed by atoms with E-state index in [-0.39, 0.29) is 11.5 Å². The highest BCUT2D eigenvalue weighted by molar-refractivity contribution is 5.15. The fourth-order valence-corrected chi connectivity index (χ4v) is 2.28. The predicted octanol–water partition coefficient (Wildman–Crippen LogP) is 1.98. The Morgan fingerprint density at radius 3 is 2.56 bits per heavy atom. The Hall–Kier alpha value is -0.860. The summed E-state index contributed by atoms with van der Waals surface area (Å²) in [5.41, 5.74) is 1.41. The molecule has 0 bridgehead atoms. The van der Waals surface area contributed by atoms with Gasteiger partial charge >= 0.3 is 0 Å². The van der Waals surface area contributed by atoms with Gasteiger partial charge in [0.15, 0.2) is 0 Å². The monoisotopic (exact) mass is 219 g/mol. The van der Waals surface area contributed by atoms with Crippen LogP contribution in [0.15, 0.2) is 30.3 Å². The van der Waals surface area contributed by atoms with E-state index in [4.69, 9.17) is 0 Å². The third kappa shape index (κ3) is 2.28. The van der Waals surface area contributed by atoms with Crippen molar-refractivity contribution in [1.82, 2.24) is 5.32 Å². The van der Waals surface area contributed by atoms with E-state index in [1.807, 2.05) is 6.07 Å². The van der Waals surface area contributed by atoms with Crippen molar-refractivity contribution in [1.29, 1.82) is 0 Å². The van der Waals surface area contributed by atoms with Crippen molar-refractivity contribution in [3.8, 4) is 0 Å². The Kier molecular flexibility index (Phi) is 3.31. The summed E-state index contributed by atoms with van der Waals surface area (Å²) in [6.07, 6.45) is 1.81. The van der Waals surface area contributed by atoms with Crippen LogP contribution in [0.2, 0.25) is 0 Å². The van der Waals surface area contributed by atoms with Crippen LogP contribution in [-0.4, -0.2) is 23.8 Å². The molecule has 0 heterocycles. The van der Waals surface area contributed by atoms with Crippen molar-refractivity contribution in [3.05, 3.63) is 35.9 Å². The number of hydrogen-bond acceptors (Lipinski definition) is 2. The van der Waals surface area contributed by atoms with Crippen molar-refractivity contribution in [3.63, 3.8) is 0 Å². The second-order valence-electron chi connectivity index (χ2n) is 5.32. The van der Waals surface area contributed by atoms with E-state index in [2.05, 4.69) is 43.4 Å². The molecule has 1 fully saturated rings. The van der Waals surface area contributed by atoms with Crippen molar-refractivity contribution >= 4 is 0 Å². The van der Waals surface area contributed by atoms with Crippen LogP contribution in [0.25, 0.3) is 0 Å². The smallest absolute Gasteiger partial charge is 0.0621 e. The molecule has 1 aromatic carbocycles. The van der Waals surface area contributed by atoms with Gasteiger partial charge in [-0.3, -0.25) is 0 Å². The Balaban J connectivity index is 1.74. The van der Waals surface area contributed by atoms with Gasteiger partial charge in [-0.2, -0.15) is 0 Å². The normalized spacial score (nSPS) is 27.4. The summed E-state index contributed by atoms with van der Waals surface area (Å²) in [6, 6.07) is 11.0. The number of benzene rings is 1. The third-order valence-electron chi connectivity index (χ3n) is 3.86. The van der Waals surface area contributed by atoms with Gasteiger partial charge in [-0.25, -0.2) is 0 Å². The summed E-state index contributed by atoms with van der Waals surface area (Å²) < 4.78 is 0. The topological polar surface area (TPSA) is 32.3 Å². The molecule has 2 unspecified atom stereocenters. The average molecular weight is 219 g/mol. The van der Waals surface area contributed by atoms with Crippen molar-refractivity contribution in [2.45, 2.75) is 38.8 Å². The zero-order valence-electron chi connectivity index (χ0n) is 10.1. The first kappa shape index (κ1) is 11.6. The maximum Gasteiger partial charge on any atom is 0.0621 e. The third-order valence-corrected chi connectivity index (χ3v) is 3.86. The molecule has 1 saturated carbocycles. The summed E-state index contributed by atoms with van der Waals surface area (Å²) in [5.74, 6) is 0. The van der Waals surface area contributed by atoms with Gasteiger partial charge < -0.3 is 10.4 Å². The zero-order valence-corrected chi connectivity index (χ0v) is 10.1. The van der Waals surface area contributed by atoms with Crippen molar-refractivity contribution in [2.75, 3.05) is 6.54 Å². The Morgan fingerprint density at radius 2 is 2.00 bits per heavy atom. The van der Waals surface area contributed by atoms with Gasteiger partial charge in [-0.15, -0.1) is 0 Å². The maximum absolute atomic E-state index is 9.62. The first-order valence-corrected chi connectivity index (χ1v) is 6.06. The molecule has 0 spiro atoms. The molecule has 2 nitrogen and oxygen atoms in total. The Labute approximate surface area is 97.7 Å². The van der Waals surface area contributed by atoms with Gasteiger partial charge in [0.25, 0.3) is 0 Å². The number of aliphatic hydroxyl groups is 1.